The minimum Gasteiger partial charge on any atom is -0.325 e. The molecule has 4 rings (SSSR count). The number of fused-ring (bicyclic) bond motifs is 2. The molecular formula is C23H23Cl2NO2. The molecule has 1 heterocycles. The first-order chi connectivity index (χ1) is 13.3. The van der Waals surface area contributed by atoms with Crippen molar-refractivity contribution in [3.63, 3.8) is 0 Å². The van der Waals surface area contributed by atoms with E-state index in [0.717, 1.165) is 23.2 Å². The highest BCUT2D eigenvalue weighted by molar-refractivity contribution is 6.31. The second kappa shape index (κ2) is 7.20. The van der Waals surface area contributed by atoms with Gasteiger partial charge in [0, 0.05) is 34.5 Å². The van der Waals surface area contributed by atoms with Crippen LogP contribution in [0.3, 0.4) is 0 Å². The van der Waals surface area contributed by atoms with Crippen LogP contribution in [0.1, 0.15) is 50.2 Å². The van der Waals surface area contributed by atoms with Crippen LogP contribution in [-0.2, 0) is 15.0 Å². The molecule has 1 fully saturated rings. The molecule has 28 heavy (non-hydrogen) atoms. The Hall–Kier alpha value is -1.84. The number of hydrogen-bond acceptors (Lipinski definition) is 2. The van der Waals surface area contributed by atoms with Crippen molar-refractivity contribution < 1.29 is 9.59 Å². The fraction of sp³-hybridized carbons (Fsp3) is 0.391. The van der Waals surface area contributed by atoms with Gasteiger partial charge in [0.05, 0.1) is 5.41 Å². The molecule has 2 aromatic rings. The summed E-state index contributed by atoms with van der Waals surface area (Å²) >= 11 is 12.5. The number of carbonyl (C=O) groups is 2. The van der Waals surface area contributed by atoms with E-state index in [1.165, 1.54) is 0 Å². The average Bonchev–Trinajstić information content (AvgIpc) is 2.89. The molecule has 2 aliphatic rings. The van der Waals surface area contributed by atoms with Gasteiger partial charge in [-0.15, -0.1) is 0 Å². The SMILES string of the molecule is CC(C)CC1CC(=O)CC(c2cccc(Cl)c2)C12C(=O)Nc1cc(Cl)ccc12. The summed E-state index contributed by atoms with van der Waals surface area (Å²) < 4.78 is 0. The summed E-state index contributed by atoms with van der Waals surface area (Å²) in [7, 11) is 0. The van der Waals surface area contributed by atoms with Crippen molar-refractivity contribution in [3.8, 4) is 0 Å². The van der Waals surface area contributed by atoms with E-state index in [1.807, 2.05) is 36.4 Å². The number of nitrogens with one attached hydrogen (secondary N) is 1. The number of benzene rings is 2. The van der Waals surface area contributed by atoms with Crippen LogP contribution in [0.5, 0.6) is 0 Å². The van der Waals surface area contributed by atoms with Crippen LogP contribution >= 0.6 is 23.2 Å². The highest BCUT2D eigenvalue weighted by Crippen LogP contribution is 2.58. The van der Waals surface area contributed by atoms with E-state index in [-0.39, 0.29) is 23.5 Å². The molecule has 3 nitrogen and oxygen atoms in total. The first-order valence-corrected chi connectivity index (χ1v) is 10.5. The summed E-state index contributed by atoms with van der Waals surface area (Å²) in [6.45, 7) is 4.27. The maximum atomic E-state index is 13.6. The van der Waals surface area contributed by atoms with Gasteiger partial charge in [-0.25, -0.2) is 0 Å². The van der Waals surface area contributed by atoms with Crippen LogP contribution in [0.25, 0.3) is 0 Å². The van der Waals surface area contributed by atoms with Crippen molar-refractivity contribution in [3.05, 3.63) is 63.6 Å². The van der Waals surface area contributed by atoms with Gasteiger partial charge in [-0.3, -0.25) is 9.59 Å². The van der Waals surface area contributed by atoms with Gasteiger partial charge in [0.2, 0.25) is 5.91 Å². The first kappa shape index (κ1) is 19.5. The highest BCUT2D eigenvalue weighted by atomic mass is 35.5. The van der Waals surface area contributed by atoms with Crippen molar-refractivity contribution in [1.82, 2.24) is 0 Å². The fourth-order valence-electron chi connectivity index (χ4n) is 5.21. The van der Waals surface area contributed by atoms with Gasteiger partial charge in [-0.2, -0.15) is 0 Å². The molecule has 1 spiro atoms. The number of Topliss-reactive ketones (excluding diaryl/α,β-unsaturated/α-hetero) is 1. The maximum absolute atomic E-state index is 13.6. The third-order valence-electron chi connectivity index (χ3n) is 6.16. The van der Waals surface area contributed by atoms with Gasteiger partial charge < -0.3 is 5.32 Å². The molecule has 1 saturated carbocycles. The van der Waals surface area contributed by atoms with Gasteiger partial charge >= 0.3 is 0 Å². The molecule has 3 unspecified atom stereocenters. The second-order valence-electron chi connectivity index (χ2n) is 8.39. The quantitative estimate of drug-likeness (QED) is 0.668. The predicted molar refractivity (Wildman–Crippen MR) is 113 cm³/mol. The summed E-state index contributed by atoms with van der Waals surface area (Å²) in [5.74, 6) is 0.222. The third kappa shape index (κ3) is 3.05. The lowest BCUT2D eigenvalue weighted by molar-refractivity contribution is -0.131. The lowest BCUT2D eigenvalue weighted by Gasteiger charge is -2.46. The molecule has 1 aliphatic heterocycles. The molecule has 2 aromatic carbocycles. The summed E-state index contributed by atoms with van der Waals surface area (Å²) in [4.78, 5) is 26.3. The van der Waals surface area contributed by atoms with Crippen LogP contribution in [0.2, 0.25) is 10.0 Å². The maximum Gasteiger partial charge on any atom is 0.236 e. The molecule has 146 valence electrons. The Morgan fingerprint density at radius 3 is 2.54 bits per heavy atom. The number of halogens is 2. The van der Waals surface area contributed by atoms with Crippen LogP contribution in [0.4, 0.5) is 5.69 Å². The van der Waals surface area contributed by atoms with E-state index in [0.29, 0.717) is 28.8 Å². The average molecular weight is 416 g/mol. The predicted octanol–water partition coefficient (Wildman–Crippen LogP) is 5.99. The van der Waals surface area contributed by atoms with Gasteiger partial charge in [0.1, 0.15) is 5.78 Å². The Balaban J connectivity index is 1.96. The Kier molecular flexibility index (Phi) is 5.01. The summed E-state index contributed by atoms with van der Waals surface area (Å²) in [6, 6.07) is 13.2. The van der Waals surface area contributed by atoms with Crippen molar-refractivity contribution in [2.75, 3.05) is 5.32 Å². The van der Waals surface area contributed by atoms with Crippen molar-refractivity contribution in [2.45, 2.75) is 44.4 Å². The van der Waals surface area contributed by atoms with Gasteiger partial charge in [-0.1, -0.05) is 55.2 Å². The van der Waals surface area contributed by atoms with Gasteiger partial charge in [0.15, 0.2) is 0 Å². The normalized spacial score (nSPS) is 26.6. The van der Waals surface area contributed by atoms with Crippen molar-refractivity contribution in [2.24, 2.45) is 11.8 Å². The lowest BCUT2D eigenvalue weighted by Crippen LogP contribution is -2.51. The van der Waals surface area contributed by atoms with E-state index in [9.17, 15) is 9.59 Å². The van der Waals surface area contributed by atoms with E-state index in [2.05, 4.69) is 19.2 Å². The smallest absolute Gasteiger partial charge is 0.236 e. The standard InChI is InChI=1S/C23H23Cl2NO2/c1-13(2)8-15-10-18(27)12-20(14-4-3-5-16(24)9-14)23(15)19-7-6-17(25)11-21(19)26-22(23)28/h3-7,9,11,13,15,20H,8,10,12H2,1-2H3,(H,26,28). The number of carbonyl (C=O) groups excluding carboxylic acids is 2. The van der Waals surface area contributed by atoms with E-state index >= 15 is 0 Å². The molecule has 1 N–H and O–H groups in total. The summed E-state index contributed by atoms with van der Waals surface area (Å²) in [5.41, 5.74) is 1.85. The first-order valence-electron chi connectivity index (χ1n) is 9.71. The zero-order valence-corrected chi connectivity index (χ0v) is 17.5. The number of rotatable bonds is 3. The van der Waals surface area contributed by atoms with E-state index in [1.54, 1.807) is 6.07 Å². The number of amides is 1. The molecule has 0 saturated heterocycles. The van der Waals surface area contributed by atoms with E-state index < -0.39 is 5.41 Å². The Morgan fingerprint density at radius 1 is 1.07 bits per heavy atom. The fourth-order valence-corrected chi connectivity index (χ4v) is 5.59. The third-order valence-corrected chi connectivity index (χ3v) is 6.63. The second-order valence-corrected chi connectivity index (χ2v) is 9.27. The molecule has 1 aliphatic carbocycles. The molecule has 5 heteroatoms. The minimum atomic E-state index is -0.789. The highest BCUT2D eigenvalue weighted by Gasteiger charge is 2.60. The van der Waals surface area contributed by atoms with E-state index in [4.69, 9.17) is 23.2 Å². The lowest BCUT2D eigenvalue weighted by atomic mass is 9.54. The summed E-state index contributed by atoms with van der Waals surface area (Å²) in [5, 5.41) is 4.26. The van der Waals surface area contributed by atoms with Gasteiger partial charge in [-0.05, 0) is 53.6 Å². The van der Waals surface area contributed by atoms with Crippen molar-refractivity contribution in [1.29, 1.82) is 0 Å². The minimum absolute atomic E-state index is 0.0344. The van der Waals surface area contributed by atoms with Crippen LogP contribution in [0, 0.1) is 11.8 Å². The Bertz CT molecular complexity index is 955. The topological polar surface area (TPSA) is 46.2 Å². The van der Waals surface area contributed by atoms with Gasteiger partial charge in [0.25, 0.3) is 0 Å². The molecular weight excluding hydrogens is 393 g/mol. The molecule has 3 atom stereocenters. The Morgan fingerprint density at radius 2 is 1.82 bits per heavy atom. The summed E-state index contributed by atoms with van der Waals surface area (Å²) in [6.07, 6.45) is 1.56. The van der Waals surface area contributed by atoms with Crippen LogP contribution in [0.15, 0.2) is 42.5 Å². The number of ketones is 1. The van der Waals surface area contributed by atoms with Crippen LogP contribution in [-0.4, -0.2) is 11.7 Å². The Labute approximate surface area is 175 Å². The zero-order chi connectivity index (χ0) is 20.1. The van der Waals surface area contributed by atoms with Crippen LogP contribution < -0.4 is 5.32 Å². The monoisotopic (exact) mass is 415 g/mol. The molecule has 0 bridgehead atoms. The zero-order valence-electron chi connectivity index (χ0n) is 16.0. The number of hydrogen-bond donors (Lipinski definition) is 1. The molecule has 0 aromatic heterocycles. The largest absolute Gasteiger partial charge is 0.325 e. The number of anilines is 1. The van der Waals surface area contributed by atoms with Crippen molar-refractivity contribution >= 4 is 40.6 Å². The molecule has 0 radical (unpaired) electrons. The molecule has 1 amide bonds.